The van der Waals surface area contributed by atoms with Crippen molar-refractivity contribution in [1.29, 1.82) is 0 Å². The molecule has 2 N–H and O–H groups in total. The minimum Gasteiger partial charge on any atom is -0.371 e. The van der Waals surface area contributed by atoms with E-state index in [9.17, 15) is 13.2 Å². The number of hydrogen-bond acceptors (Lipinski definition) is 4. The molecule has 0 aliphatic rings. The van der Waals surface area contributed by atoms with Gasteiger partial charge in [0, 0.05) is 7.11 Å². The summed E-state index contributed by atoms with van der Waals surface area (Å²) in [4.78, 5) is 11.0. The third-order valence-electron chi connectivity index (χ3n) is 2.07. The monoisotopic (exact) mass is 243 g/mol. The van der Waals surface area contributed by atoms with Crippen LogP contribution < -0.4 is 5.73 Å². The van der Waals surface area contributed by atoms with Gasteiger partial charge in [-0.25, -0.2) is 8.42 Å². The third-order valence-corrected chi connectivity index (χ3v) is 3.81. The van der Waals surface area contributed by atoms with E-state index in [1.807, 2.05) is 0 Å². The molecule has 0 saturated heterocycles. The van der Waals surface area contributed by atoms with Crippen molar-refractivity contribution in [3.05, 3.63) is 30.3 Å². The van der Waals surface area contributed by atoms with Crippen molar-refractivity contribution in [2.75, 3.05) is 12.9 Å². The summed E-state index contributed by atoms with van der Waals surface area (Å²) in [6.45, 7) is 0. The maximum Gasteiger partial charge on any atom is 0.247 e. The van der Waals surface area contributed by atoms with Gasteiger partial charge in [0.2, 0.25) is 5.91 Å². The van der Waals surface area contributed by atoms with Crippen molar-refractivity contribution in [2.24, 2.45) is 5.73 Å². The van der Waals surface area contributed by atoms with E-state index < -0.39 is 27.6 Å². The fraction of sp³-hybridized carbons (Fsp3) is 0.300. The number of nitrogens with two attached hydrogens (primary N) is 1. The first-order valence-corrected chi connectivity index (χ1v) is 6.22. The summed E-state index contributed by atoms with van der Waals surface area (Å²) in [7, 11) is -2.30. The summed E-state index contributed by atoms with van der Waals surface area (Å²) < 4.78 is 28.4. The molecule has 16 heavy (non-hydrogen) atoms. The molecule has 0 spiro atoms. The number of sulfone groups is 1. The number of rotatable bonds is 5. The molecule has 5 nitrogen and oxygen atoms in total. The molecule has 1 atom stereocenters. The average Bonchev–Trinajstić information content (AvgIpc) is 2.27. The Bertz CT molecular complexity index is 455. The van der Waals surface area contributed by atoms with Gasteiger partial charge < -0.3 is 10.5 Å². The van der Waals surface area contributed by atoms with Crippen LogP contribution in [0.1, 0.15) is 0 Å². The summed E-state index contributed by atoms with van der Waals surface area (Å²) >= 11 is 0. The van der Waals surface area contributed by atoms with Crippen LogP contribution in [0, 0.1) is 0 Å². The van der Waals surface area contributed by atoms with E-state index >= 15 is 0 Å². The molecule has 0 saturated carbocycles. The Morgan fingerprint density at radius 2 is 1.94 bits per heavy atom. The lowest BCUT2D eigenvalue weighted by atomic mass is 10.4. The highest BCUT2D eigenvalue weighted by Crippen LogP contribution is 2.12. The number of primary amides is 1. The average molecular weight is 243 g/mol. The predicted molar refractivity (Wildman–Crippen MR) is 58.5 cm³/mol. The lowest BCUT2D eigenvalue weighted by molar-refractivity contribution is -0.126. The van der Waals surface area contributed by atoms with Gasteiger partial charge in [0.05, 0.1) is 10.6 Å². The van der Waals surface area contributed by atoms with Gasteiger partial charge in [0.25, 0.3) is 0 Å². The molecular weight excluding hydrogens is 230 g/mol. The van der Waals surface area contributed by atoms with Crippen molar-refractivity contribution in [3.63, 3.8) is 0 Å². The van der Waals surface area contributed by atoms with E-state index in [0.29, 0.717) is 0 Å². The van der Waals surface area contributed by atoms with Crippen LogP contribution in [0.25, 0.3) is 0 Å². The SMILES string of the molecule is COC(CS(=O)(=O)c1ccccc1)C(N)=O. The van der Waals surface area contributed by atoms with Gasteiger partial charge in [-0.1, -0.05) is 18.2 Å². The van der Waals surface area contributed by atoms with Crippen LogP contribution in [0.3, 0.4) is 0 Å². The van der Waals surface area contributed by atoms with E-state index in [4.69, 9.17) is 10.5 Å². The predicted octanol–water partition coefficient (Wildman–Crippen LogP) is -0.0394. The van der Waals surface area contributed by atoms with Crippen molar-refractivity contribution < 1.29 is 17.9 Å². The van der Waals surface area contributed by atoms with Crippen LogP contribution in [-0.2, 0) is 19.4 Å². The number of hydrogen-bond donors (Lipinski definition) is 1. The molecule has 1 unspecified atom stereocenters. The Hall–Kier alpha value is -1.40. The minimum absolute atomic E-state index is 0.151. The second-order valence-corrected chi connectivity index (χ2v) is 5.26. The van der Waals surface area contributed by atoms with E-state index in [0.717, 1.165) is 0 Å². The smallest absolute Gasteiger partial charge is 0.247 e. The van der Waals surface area contributed by atoms with E-state index in [1.165, 1.54) is 19.2 Å². The Labute approximate surface area is 94.1 Å². The molecule has 1 aromatic rings. The molecule has 6 heteroatoms. The Morgan fingerprint density at radius 1 is 1.38 bits per heavy atom. The highest BCUT2D eigenvalue weighted by molar-refractivity contribution is 7.91. The van der Waals surface area contributed by atoms with Gasteiger partial charge in [0.1, 0.15) is 6.10 Å². The third kappa shape index (κ3) is 3.04. The summed E-state index contributed by atoms with van der Waals surface area (Å²) in [5.41, 5.74) is 5.00. The van der Waals surface area contributed by atoms with Crippen LogP contribution >= 0.6 is 0 Å². The fourth-order valence-electron chi connectivity index (χ4n) is 1.19. The molecule has 0 fully saturated rings. The van der Waals surface area contributed by atoms with Gasteiger partial charge in [0.15, 0.2) is 9.84 Å². The largest absolute Gasteiger partial charge is 0.371 e. The molecule has 0 radical (unpaired) electrons. The Kier molecular flexibility index (Phi) is 4.03. The molecule has 0 aromatic heterocycles. The zero-order chi connectivity index (χ0) is 12.2. The fourth-order valence-corrected chi connectivity index (χ4v) is 2.65. The number of amides is 1. The normalized spacial score (nSPS) is 13.3. The van der Waals surface area contributed by atoms with Crippen molar-refractivity contribution in [1.82, 2.24) is 0 Å². The quantitative estimate of drug-likeness (QED) is 0.786. The number of carbonyl (C=O) groups is 1. The van der Waals surface area contributed by atoms with Crippen molar-refractivity contribution in [3.8, 4) is 0 Å². The molecular formula is C10H13NO4S. The molecule has 0 heterocycles. The van der Waals surface area contributed by atoms with Crippen LogP contribution in [0.4, 0.5) is 0 Å². The van der Waals surface area contributed by atoms with Crippen LogP contribution in [-0.4, -0.2) is 33.3 Å². The standard InChI is InChI=1S/C10H13NO4S/c1-15-9(10(11)12)7-16(13,14)8-5-3-2-4-6-8/h2-6,9H,7H2,1H3,(H2,11,12). The molecule has 0 aliphatic carbocycles. The van der Waals surface area contributed by atoms with Crippen molar-refractivity contribution >= 4 is 15.7 Å². The van der Waals surface area contributed by atoms with Gasteiger partial charge in [-0.3, -0.25) is 4.79 Å². The van der Waals surface area contributed by atoms with Crippen LogP contribution in [0.15, 0.2) is 35.2 Å². The lowest BCUT2D eigenvalue weighted by Crippen LogP contribution is -2.36. The summed E-state index contributed by atoms with van der Waals surface area (Å²) in [6, 6.07) is 7.85. The zero-order valence-corrected chi connectivity index (χ0v) is 9.61. The number of ether oxygens (including phenoxy) is 1. The van der Waals surface area contributed by atoms with Crippen LogP contribution in [0.2, 0.25) is 0 Å². The maximum atomic E-state index is 11.8. The molecule has 0 bridgehead atoms. The van der Waals surface area contributed by atoms with Gasteiger partial charge >= 0.3 is 0 Å². The Morgan fingerprint density at radius 3 is 2.38 bits per heavy atom. The van der Waals surface area contributed by atoms with E-state index in [1.54, 1.807) is 18.2 Å². The molecule has 1 amide bonds. The first kappa shape index (κ1) is 12.7. The topological polar surface area (TPSA) is 86.5 Å². The summed E-state index contributed by atoms with van der Waals surface area (Å²) in [6.07, 6.45) is -1.12. The first-order chi connectivity index (χ1) is 7.47. The van der Waals surface area contributed by atoms with E-state index in [-0.39, 0.29) is 4.90 Å². The van der Waals surface area contributed by atoms with Gasteiger partial charge in [-0.15, -0.1) is 0 Å². The molecule has 1 rings (SSSR count). The highest BCUT2D eigenvalue weighted by atomic mass is 32.2. The van der Waals surface area contributed by atoms with Crippen LogP contribution in [0.5, 0.6) is 0 Å². The number of carbonyl (C=O) groups excluding carboxylic acids is 1. The number of methoxy groups -OCH3 is 1. The second-order valence-electron chi connectivity index (χ2n) is 3.22. The summed E-state index contributed by atoms with van der Waals surface area (Å²) in [5.74, 6) is -1.23. The minimum atomic E-state index is -3.54. The van der Waals surface area contributed by atoms with Gasteiger partial charge in [-0.2, -0.15) is 0 Å². The molecule has 1 aromatic carbocycles. The molecule has 88 valence electrons. The highest BCUT2D eigenvalue weighted by Gasteiger charge is 2.24. The zero-order valence-electron chi connectivity index (χ0n) is 8.79. The lowest BCUT2D eigenvalue weighted by Gasteiger charge is -2.11. The maximum absolute atomic E-state index is 11.8. The van der Waals surface area contributed by atoms with Crippen molar-refractivity contribution in [2.45, 2.75) is 11.0 Å². The molecule has 0 aliphatic heterocycles. The number of benzene rings is 1. The second kappa shape index (κ2) is 5.09. The first-order valence-electron chi connectivity index (χ1n) is 4.57. The summed E-state index contributed by atoms with van der Waals surface area (Å²) in [5, 5.41) is 0. The Balaban J connectivity index is 2.92. The van der Waals surface area contributed by atoms with E-state index in [2.05, 4.69) is 0 Å². The van der Waals surface area contributed by atoms with Gasteiger partial charge in [-0.05, 0) is 12.1 Å².